The standard InChI is InChI=1S/C19H20O2/c20-12-4-3-5-15-8-9-17-14-19(11-10-16(17)13-15)21-18-6-1-2-7-18/h8-11,13-14,18,20H,1-2,4,6-7,12H2. The predicted molar refractivity (Wildman–Crippen MR) is 85.4 cm³/mol. The molecule has 0 atom stereocenters. The Bertz CT molecular complexity index is 673. The molecule has 3 rings (SSSR count). The van der Waals surface area contributed by atoms with Crippen molar-refractivity contribution >= 4 is 10.8 Å². The van der Waals surface area contributed by atoms with Crippen LogP contribution in [-0.2, 0) is 0 Å². The molecule has 0 aliphatic heterocycles. The van der Waals surface area contributed by atoms with Crippen LogP contribution in [0.1, 0.15) is 37.7 Å². The highest BCUT2D eigenvalue weighted by molar-refractivity contribution is 5.85. The molecule has 0 radical (unpaired) electrons. The van der Waals surface area contributed by atoms with Crippen LogP contribution in [0.2, 0.25) is 0 Å². The van der Waals surface area contributed by atoms with Crippen LogP contribution in [0.3, 0.4) is 0 Å². The van der Waals surface area contributed by atoms with Crippen LogP contribution in [0.5, 0.6) is 5.75 Å². The van der Waals surface area contributed by atoms with E-state index in [1.54, 1.807) is 0 Å². The minimum Gasteiger partial charge on any atom is -0.490 e. The SMILES string of the molecule is OCCC#Cc1ccc2cc(OC3CCCC3)ccc2c1. The van der Waals surface area contributed by atoms with Crippen LogP contribution in [0, 0.1) is 11.8 Å². The third kappa shape index (κ3) is 3.56. The fourth-order valence-corrected chi connectivity index (χ4v) is 2.79. The lowest BCUT2D eigenvalue weighted by molar-refractivity contribution is 0.210. The van der Waals surface area contributed by atoms with Gasteiger partial charge in [0.25, 0.3) is 0 Å². The lowest BCUT2D eigenvalue weighted by Crippen LogP contribution is -2.10. The second kappa shape index (κ2) is 6.65. The van der Waals surface area contributed by atoms with Crippen molar-refractivity contribution in [1.29, 1.82) is 0 Å². The fourth-order valence-electron chi connectivity index (χ4n) is 2.79. The highest BCUT2D eigenvalue weighted by Gasteiger charge is 2.16. The van der Waals surface area contributed by atoms with Crippen molar-refractivity contribution in [3.63, 3.8) is 0 Å². The van der Waals surface area contributed by atoms with Crippen LogP contribution in [0.25, 0.3) is 10.8 Å². The summed E-state index contributed by atoms with van der Waals surface area (Å²) in [7, 11) is 0. The summed E-state index contributed by atoms with van der Waals surface area (Å²) < 4.78 is 6.04. The molecular formula is C19H20O2. The number of aliphatic hydroxyl groups excluding tert-OH is 1. The second-order valence-electron chi connectivity index (χ2n) is 5.52. The zero-order valence-corrected chi connectivity index (χ0v) is 12.1. The van der Waals surface area contributed by atoms with Gasteiger partial charge in [-0.05, 0) is 60.7 Å². The molecule has 2 nitrogen and oxygen atoms in total. The first-order valence-electron chi connectivity index (χ1n) is 7.65. The predicted octanol–water partition coefficient (Wildman–Crippen LogP) is 3.90. The van der Waals surface area contributed by atoms with Gasteiger partial charge < -0.3 is 9.84 Å². The molecule has 1 fully saturated rings. The van der Waals surface area contributed by atoms with E-state index in [1.165, 1.54) is 36.5 Å². The summed E-state index contributed by atoms with van der Waals surface area (Å²) in [4.78, 5) is 0. The Morgan fingerprint density at radius 3 is 2.62 bits per heavy atom. The van der Waals surface area contributed by atoms with Gasteiger partial charge in [-0.25, -0.2) is 0 Å². The number of aliphatic hydroxyl groups is 1. The van der Waals surface area contributed by atoms with E-state index in [1.807, 2.05) is 12.1 Å². The molecule has 1 aliphatic carbocycles. The van der Waals surface area contributed by atoms with Crippen LogP contribution in [0.15, 0.2) is 36.4 Å². The molecule has 1 aliphatic rings. The maximum atomic E-state index is 8.75. The summed E-state index contributed by atoms with van der Waals surface area (Å²) in [5, 5.41) is 11.1. The third-order valence-electron chi connectivity index (χ3n) is 3.89. The second-order valence-corrected chi connectivity index (χ2v) is 5.52. The van der Waals surface area contributed by atoms with E-state index in [2.05, 4.69) is 36.1 Å². The van der Waals surface area contributed by atoms with Crippen LogP contribution in [-0.4, -0.2) is 17.8 Å². The summed E-state index contributed by atoms with van der Waals surface area (Å²) >= 11 is 0. The van der Waals surface area contributed by atoms with Gasteiger partial charge in [0.2, 0.25) is 0 Å². The number of rotatable bonds is 3. The maximum Gasteiger partial charge on any atom is 0.120 e. The smallest absolute Gasteiger partial charge is 0.120 e. The zero-order valence-electron chi connectivity index (χ0n) is 12.1. The normalized spacial score (nSPS) is 14.9. The lowest BCUT2D eigenvalue weighted by Gasteiger charge is -2.13. The summed E-state index contributed by atoms with van der Waals surface area (Å²) in [6, 6.07) is 12.4. The Kier molecular flexibility index (Phi) is 4.43. The third-order valence-corrected chi connectivity index (χ3v) is 3.89. The monoisotopic (exact) mass is 280 g/mol. The average Bonchev–Trinajstić information content (AvgIpc) is 3.00. The minimum atomic E-state index is 0.114. The molecule has 2 heteroatoms. The molecule has 0 unspecified atom stereocenters. The highest BCUT2D eigenvalue weighted by Crippen LogP contribution is 2.27. The van der Waals surface area contributed by atoms with Crippen molar-refractivity contribution in [2.45, 2.75) is 38.2 Å². The molecular weight excluding hydrogens is 260 g/mol. The largest absolute Gasteiger partial charge is 0.490 e. The number of ether oxygens (including phenoxy) is 1. The summed E-state index contributed by atoms with van der Waals surface area (Å²) in [6.45, 7) is 0.114. The topological polar surface area (TPSA) is 29.5 Å². The van der Waals surface area contributed by atoms with Crippen molar-refractivity contribution in [3.8, 4) is 17.6 Å². The Morgan fingerprint density at radius 2 is 1.81 bits per heavy atom. The van der Waals surface area contributed by atoms with Crippen molar-refractivity contribution in [2.24, 2.45) is 0 Å². The molecule has 0 heterocycles. The molecule has 1 N–H and O–H groups in total. The van der Waals surface area contributed by atoms with Gasteiger partial charge in [0.15, 0.2) is 0 Å². The fraction of sp³-hybridized carbons (Fsp3) is 0.368. The Balaban J connectivity index is 1.79. The van der Waals surface area contributed by atoms with E-state index in [0.717, 1.165) is 11.3 Å². The molecule has 1 saturated carbocycles. The number of hydrogen-bond donors (Lipinski definition) is 1. The zero-order chi connectivity index (χ0) is 14.5. The van der Waals surface area contributed by atoms with Gasteiger partial charge >= 0.3 is 0 Å². The van der Waals surface area contributed by atoms with E-state index >= 15 is 0 Å². The van der Waals surface area contributed by atoms with Crippen LogP contribution in [0.4, 0.5) is 0 Å². The number of hydrogen-bond acceptors (Lipinski definition) is 2. The van der Waals surface area contributed by atoms with Gasteiger partial charge in [0.05, 0.1) is 12.7 Å². The molecule has 0 amide bonds. The summed E-state index contributed by atoms with van der Waals surface area (Å²) in [5.74, 6) is 6.99. The van der Waals surface area contributed by atoms with Crippen molar-refractivity contribution in [1.82, 2.24) is 0 Å². The Hall–Kier alpha value is -1.98. The first kappa shape index (κ1) is 14.0. The first-order valence-corrected chi connectivity index (χ1v) is 7.65. The van der Waals surface area contributed by atoms with Crippen molar-refractivity contribution < 1.29 is 9.84 Å². The Morgan fingerprint density at radius 1 is 1.05 bits per heavy atom. The van der Waals surface area contributed by atoms with Gasteiger partial charge in [0, 0.05) is 12.0 Å². The van der Waals surface area contributed by atoms with Crippen molar-refractivity contribution in [2.75, 3.05) is 6.61 Å². The summed E-state index contributed by atoms with van der Waals surface area (Å²) in [5.41, 5.74) is 0.986. The minimum absolute atomic E-state index is 0.114. The molecule has 2 aromatic rings. The van der Waals surface area contributed by atoms with Gasteiger partial charge in [0.1, 0.15) is 5.75 Å². The van der Waals surface area contributed by atoms with Gasteiger partial charge in [-0.15, -0.1) is 0 Å². The van der Waals surface area contributed by atoms with E-state index in [-0.39, 0.29) is 6.61 Å². The summed E-state index contributed by atoms with van der Waals surface area (Å²) in [6.07, 6.45) is 5.84. The maximum absolute atomic E-state index is 8.75. The molecule has 0 spiro atoms. The number of benzene rings is 2. The van der Waals surface area contributed by atoms with Crippen LogP contribution >= 0.6 is 0 Å². The van der Waals surface area contributed by atoms with Crippen LogP contribution < -0.4 is 4.74 Å². The molecule has 2 aromatic carbocycles. The van der Waals surface area contributed by atoms with E-state index in [9.17, 15) is 0 Å². The highest BCUT2D eigenvalue weighted by atomic mass is 16.5. The molecule has 108 valence electrons. The molecule has 0 saturated heterocycles. The van der Waals surface area contributed by atoms with E-state index < -0.39 is 0 Å². The first-order chi connectivity index (χ1) is 10.3. The molecule has 0 bridgehead atoms. The Labute approximate surface area is 125 Å². The molecule has 21 heavy (non-hydrogen) atoms. The number of fused-ring (bicyclic) bond motifs is 1. The van der Waals surface area contributed by atoms with E-state index in [4.69, 9.17) is 9.84 Å². The average molecular weight is 280 g/mol. The van der Waals surface area contributed by atoms with Gasteiger partial charge in [-0.1, -0.05) is 24.0 Å². The van der Waals surface area contributed by atoms with Gasteiger partial charge in [-0.2, -0.15) is 0 Å². The quantitative estimate of drug-likeness (QED) is 0.864. The van der Waals surface area contributed by atoms with Gasteiger partial charge in [-0.3, -0.25) is 0 Å². The lowest BCUT2D eigenvalue weighted by atomic mass is 10.1. The van der Waals surface area contributed by atoms with E-state index in [0.29, 0.717) is 12.5 Å². The van der Waals surface area contributed by atoms with Crippen molar-refractivity contribution in [3.05, 3.63) is 42.0 Å². The molecule has 0 aromatic heterocycles.